The standard InChI is InChI=1S/C28H45N5O8/c1-17(2)11-20(24(34)28(5)16-40-28)29-27(37)23(15-38-6)31-25(35)21(12-18(3)4)30-26(36)22-13-19(41-32-22)14-33-7-9-39-10-8-33/h13,17-18,20-21,23H,7-12,14-16H2,1-6H3,(H,29,37)(H,30,36)(H,31,35)/t20-,21-,23-,28+/m0/s1. The van der Waals surface area contributed by atoms with E-state index in [1.807, 2.05) is 27.7 Å². The van der Waals surface area contributed by atoms with Gasteiger partial charge in [-0.2, -0.15) is 0 Å². The van der Waals surface area contributed by atoms with Gasteiger partial charge in [0.05, 0.1) is 39.0 Å². The Hall–Kier alpha value is -2.87. The molecule has 41 heavy (non-hydrogen) atoms. The Morgan fingerprint density at radius 3 is 2.15 bits per heavy atom. The van der Waals surface area contributed by atoms with Crippen molar-refractivity contribution in [1.29, 1.82) is 0 Å². The fourth-order valence-electron chi connectivity index (χ4n) is 4.63. The number of methoxy groups -OCH3 is 1. The third kappa shape index (κ3) is 9.87. The van der Waals surface area contributed by atoms with Crippen molar-refractivity contribution in [3.63, 3.8) is 0 Å². The summed E-state index contributed by atoms with van der Waals surface area (Å²) < 4.78 is 21.2. The maximum Gasteiger partial charge on any atom is 0.274 e. The molecule has 230 valence electrons. The molecule has 3 heterocycles. The number of Topliss-reactive ketones (excluding diaryl/α,β-unsaturated/α-hetero) is 1. The largest absolute Gasteiger partial charge is 0.382 e. The van der Waals surface area contributed by atoms with Crippen LogP contribution >= 0.6 is 0 Å². The molecule has 1 aromatic heterocycles. The van der Waals surface area contributed by atoms with E-state index < -0.39 is 41.4 Å². The number of epoxide rings is 1. The van der Waals surface area contributed by atoms with Gasteiger partial charge >= 0.3 is 0 Å². The third-order valence-electron chi connectivity index (χ3n) is 7.01. The lowest BCUT2D eigenvalue weighted by Crippen LogP contribution is -2.58. The van der Waals surface area contributed by atoms with E-state index in [4.69, 9.17) is 18.7 Å². The molecule has 2 aliphatic rings. The first kappa shape index (κ1) is 32.6. The molecule has 13 nitrogen and oxygen atoms in total. The maximum absolute atomic E-state index is 13.4. The van der Waals surface area contributed by atoms with E-state index in [1.54, 1.807) is 13.0 Å². The van der Waals surface area contributed by atoms with E-state index in [0.717, 1.165) is 13.1 Å². The molecule has 3 rings (SSSR count). The molecule has 0 aromatic carbocycles. The number of hydrogen-bond donors (Lipinski definition) is 3. The number of ether oxygens (including phenoxy) is 3. The highest BCUT2D eigenvalue weighted by atomic mass is 16.6. The van der Waals surface area contributed by atoms with Gasteiger partial charge in [-0.3, -0.25) is 24.1 Å². The fraction of sp³-hybridized carbons (Fsp3) is 0.750. The van der Waals surface area contributed by atoms with E-state index in [9.17, 15) is 19.2 Å². The van der Waals surface area contributed by atoms with E-state index in [2.05, 4.69) is 26.0 Å². The molecule has 2 aliphatic heterocycles. The molecule has 0 aliphatic carbocycles. The highest BCUT2D eigenvalue weighted by Gasteiger charge is 2.50. The number of aromatic nitrogens is 1. The summed E-state index contributed by atoms with van der Waals surface area (Å²) in [5.41, 5.74) is -0.838. The van der Waals surface area contributed by atoms with Gasteiger partial charge in [-0.15, -0.1) is 0 Å². The van der Waals surface area contributed by atoms with Crippen molar-refractivity contribution in [2.24, 2.45) is 11.8 Å². The summed E-state index contributed by atoms with van der Waals surface area (Å²) in [7, 11) is 1.41. The summed E-state index contributed by atoms with van der Waals surface area (Å²) in [6.07, 6.45) is 0.746. The summed E-state index contributed by atoms with van der Waals surface area (Å²) in [6.45, 7) is 12.9. The number of carbonyl (C=O) groups excluding carboxylic acids is 4. The molecule has 0 bridgehead atoms. The predicted octanol–water partition coefficient (Wildman–Crippen LogP) is 0.671. The molecule has 0 saturated carbocycles. The lowest BCUT2D eigenvalue weighted by molar-refractivity contribution is -0.134. The Morgan fingerprint density at radius 1 is 0.976 bits per heavy atom. The summed E-state index contributed by atoms with van der Waals surface area (Å²) in [5, 5.41) is 12.1. The smallest absolute Gasteiger partial charge is 0.274 e. The average Bonchev–Trinajstić information content (AvgIpc) is 3.49. The zero-order chi connectivity index (χ0) is 30.2. The quantitative estimate of drug-likeness (QED) is 0.237. The number of nitrogens with one attached hydrogen (secondary N) is 3. The Balaban J connectivity index is 1.65. The molecular formula is C28H45N5O8. The second-order valence-electron chi connectivity index (χ2n) is 11.8. The minimum absolute atomic E-state index is 0.0577. The molecule has 3 N–H and O–H groups in total. The van der Waals surface area contributed by atoms with Crippen LogP contribution in [0.1, 0.15) is 63.7 Å². The molecule has 1 aromatic rings. The normalized spacial score (nSPS) is 21.3. The number of nitrogens with zero attached hydrogens (tertiary/aromatic N) is 2. The monoisotopic (exact) mass is 579 g/mol. The van der Waals surface area contributed by atoms with Gasteiger partial charge in [0.2, 0.25) is 11.8 Å². The number of amides is 3. The van der Waals surface area contributed by atoms with Gasteiger partial charge in [0, 0.05) is 26.3 Å². The van der Waals surface area contributed by atoms with Crippen LogP contribution in [-0.2, 0) is 35.1 Å². The Morgan fingerprint density at radius 2 is 1.56 bits per heavy atom. The molecule has 0 unspecified atom stereocenters. The zero-order valence-electron chi connectivity index (χ0n) is 25.0. The Kier molecular flexibility index (Phi) is 11.8. The van der Waals surface area contributed by atoms with E-state index >= 15 is 0 Å². The molecule has 4 atom stereocenters. The molecule has 2 fully saturated rings. The van der Waals surface area contributed by atoms with Crippen LogP contribution in [0.3, 0.4) is 0 Å². The van der Waals surface area contributed by atoms with Crippen LogP contribution in [0.15, 0.2) is 10.6 Å². The number of hydrogen-bond acceptors (Lipinski definition) is 10. The van der Waals surface area contributed by atoms with Crippen molar-refractivity contribution in [3.8, 4) is 0 Å². The number of ketones is 1. The van der Waals surface area contributed by atoms with Gasteiger partial charge in [0.25, 0.3) is 5.91 Å². The SMILES string of the molecule is COC[C@H](NC(=O)[C@H](CC(C)C)NC(=O)c1cc(CN2CCOCC2)on1)C(=O)N[C@@H](CC(C)C)C(=O)[C@@]1(C)CO1. The Bertz CT molecular complexity index is 1050. The van der Waals surface area contributed by atoms with Crippen LogP contribution in [-0.4, -0.2) is 104 Å². The van der Waals surface area contributed by atoms with Gasteiger partial charge < -0.3 is 34.7 Å². The first-order valence-corrected chi connectivity index (χ1v) is 14.3. The summed E-state index contributed by atoms with van der Waals surface area (Å²) in [4.78, 5) is 54.7. The molecule has 2 saturated heterocycles. The lowest BCUT2D eigenvalue weighted by Gasteiger charge is -2.26. The highest BCUT2D eigenvalue weighted by molar-refractivity contribution is 5.99. The molecule has 3 amide bonds. The van der Waals surface area contributed by atoms with Crippen molar-refractivity contribution < 1.29 is 37.9 Å². The van der Waals surface area contributed by atoms with Crippen LogP contribution < -0.4 is 16.0 Å². The van der Waals surface area contributed by atoms with Crippen molar-refractivity contribution in [3.05, 3.63) is 17.5 Å². The van der Waals surface area contributed by atoms with Gasteiger partial charge in [0.15, 0.2) is 17.2 Å². The maximum atomic E-state index is 13.4. The van der Waals surface area contributed by atoms with Crippen LogP contribution in [0.5, 0.6) is 0 Å². The zero-order valence-corrected chi connectivity index (χ0v) is 25.0. The van der Waals surface area contributed by atoms with Crippen LogP contribution in [0.25, 0.3) is 0 Å². The molecule has 13 heteroatoms. The van der Waals surface area contributed by atoms with Crippen LogP contribution in [0.2, 0.25) is 0 Å². The highest BCUT2D eigenvalue weighted by Crippen LogP contribution is 2.29. The third-order valence-corrected chi connectivity index (χ3v) is 7.01. The van der Waals surface area contributed by atoms with Gasteiger partial charge in [0.1, 0.15) is 17.7 Å². The number of rotatable bonds is 16. The minimum atomic E-state index is -1.08. The van der Waals surface area contributed by atoms with Crippen molar-refractivity contribution in [1.82, 2.24) is 26.0 Å². The first-order chi connectivity index (χ1) is 19.4. The second-order valence-corrected chi connectivity index (χ2v) is 11.8. The summed E-state index contributed by atoms with van der Waals surface area (Å²) in [5.74, 6) is -1.13. The number of carbonyl (C=O) groups is 4. The van der Waals surface area contributed by atoms with Crippen molar-refractivity contribution in [2.75, 3.05) is 46.6 Å². The first-order valence-electron chi connectivity index (χ1n) is 14.3. The van der Waals surface area contributed by atoms with E-state index in [0.29, 0.717) is 45.0 Å². The predicted molar refractivity (Wildman–Crippen MR) is 148 cm³/mol. The van der Waals surface area contributed by atoms with Crippen LogP contribution in [0.4, 0.5) is 0 Å². The Labute approximate surface area is 241 Å². The number of morpholine rings is 1. The van der Waals surface area contributed by atoms with E-state index in [-0.39, 0.29) is 29.9 Å². The van der Waals surface area contributed by atoms with Crippen LogP contribution in [0, 0.1) is 11.8 Å². The summed E-state index contributed by atoms with van der Waals surface area (Å²) in [6, 6.07) is -1.23. The molecular weight excluding hydrogens is 534 g/mol. The van der Waals surface area contributed by atoms with Gasteiger partial charge in [-0.1, -0.05) is 32.9 Å². The topological polar surface area (TPSA) is 165 Å². The van der Waals surface area contributed by atoms with Crippen molar-refractivity contribution in [2.45, 2.75) is 77.7 Å². The second kappa shape index (κ2) is 14.9. The van der Waals surface area contributed by atoms with Crippen molar-refractivity contribution >= 4 is 23.5 Å². The lowest BCUT2D eigenvalue weighted by atomic mass is 9.93. The molecule has 0 spiro atoms. The van der Waals surface area contributed by atoms with Gasteiger partial charge in [-0.25, -0.2) is 0 Å². The fourth-order valence-corrected chi connectivity index (χ4v) is 4.63. The molecule has 0 radical (unpaired) electrons. The minimum Gasteiger partial charge on any atom is -0.382 e. The van der Waals surface area contributed by atoms with Gasteiger partial charge in [-0.05, 0) is 31.6 Å². The van der Waals surface area contributed by atoms with E-state index in [1.165, 1.54) is 7.11 Å². The average molecular weight is 580 g/mol. The summed E-state index contributed by atoms with van der Waals surface area (Å²) >= 11 is 0.